The van der Waals surface area contributed by atoms with Crippen LogP contribution in [0.3, 0.4) is 0 Å². The Balaban J connectivity index is 0.00000256. The standard InChI is InChI=1S/C13H20N2O.ClH/c1-3-4-10-15(2)13(16)12(14)11-8-6-5-7-9-11;/h5-9,12H,3-4,10,14H2,1-2H3;1H/t12-;/m0./s1. The second-order valence-electron chi connectivity index (χ2n) is 4.00. The van der Waals surface area contributed by atoms with Gasteiger partial charge in [-0.25, -0.2) is 0 Å². The highest BCUT2D eigenvalue weighted by Gasteiger charge is 2.18. The van der Waals surface area contributed by atoms with Gasteiger partial charge in [-0.3, -0.25) is 4.79 Å². The third-order valence-corrected chi connectivity index (χ3v) is 2.65. The summed E-state index contributed by atoms with van der Waals surface area (Å²) in [5, 5.41) is 0. The van der Waals surface area contributed by atoms with Crippen LogP contribution in [0.15, 0.2) is 30.3 Å². The summed E-state index contributed by atoms with van der Waals surface area (Å²) in [6, 6.07) is 8.94. The molecule has 0 saturated heterocycles. The van der Waals surface area contributed by atoms with Crippen LogP contribution < -0.4 is 5.73 Å². The van der Waals surface area contributed by atoms with E-state index in [-0.39, 0.29) is 18.3 Å². The van der Waals surface area contributed by atoms with Gasteiger partial charge in [0.2, 0.25) is 5.91 Å². The SMILES string of the molecule is CCCCN(C)C(=O)[C@@H](N)c1ccccc1.Cl. The molecule has 1 amide bonds. The number of nitrogens with zero attached hydrogens (tertiary/aromatic N) is 1. The fraction of sp³-hybridized carbons (Fsp3) is 0.462. The van der Waals surface area contributed by atoms with Gasteiger partial charge in [-0.2, -0.15) is 0 Å². The molecule has 0 spiro atoms. The molecule has 0 unspecified atom stereocenters. The monoisotopic (exact) mass is 256 g/mol. The highest BCUT2D eigenvalue weighted by Crippen LogP contribution is 2.12. The first kappa shape index (κ1) is 15.9. The lowest BCUT2D eigenvalue weighted by Crippen LogP contribution is -2.36. The third-order valence-electron chi connectivity index (χ3n) is 2.65. The van der Waals surface area contributed by atoms with Crippen molar-refractivity contribution < 1.29 is 4.79 Å². The highest BCUT2D eigenvalue weighted by atomic mass is 35.5. The van der Waals surface area contributed by atoms with Gasteiger partial charge >= 0.3 is 0 Å². The first-order valence-electron chi connectivity index (χ1n) is 5.72. The number of carbonyl (C=O) groups is 1. The van der Waals surface area contributed by atoms with E-state index in [1.165, 1.54) is 0 Å². The largest absolute Gasteiger partial charge is 0.344 e. The van der Waals surface area contributed by atoms with Gasteiger partial charge in [0.05, 0.1) is 0 Å². The van der Waals surface area contributed by atoms with E-state index in [0.717, 1.165) is 24.9 Å². The normalized spacial score (nSPS) is 11.5. The number of carbonyl (C=O) groups excluding carboxylic acids is 1. The molecule has 1 aromatic carbocycles. The first-order chi connectivity index (χ1) is 7.66. The minimum atomic E-state index is -0.539. The smallest absolute Gasteiger partial charge is 0.243 e. The number of halogens is 1. The Morgan fingerprint density at radius 3 is 2.47 bits per heavy atom. The fourth-order valence-electron chi connectivity index (χ4n) is 1.55. The van der Waals surface area contributed by atoms with E-state index in [4.69, 9.17) is 5.73 Å². The van der Waals surface area contributed by atoms with Crippen LogP contribution in [0.1, 0.15) is 31.4 Å². The second kappa shape index (κ2) is 8.09. The van der Waals surface area contributed by atoms with Crippen molar-refractivity contribution in [2.75, 3.05) is 13.6 Å². The van der Waals surface area contributed by atoms with Gasteiger partial charge in [-0.15, -0.1) is 12.4 Å². The summed E-state index contributed by atoms with van der Waals surface area (Å²) in [6.45, 7) is 2.88. The van der Waals surface area contributed by atoms with Gasteiger partial charge in [-0.1, -0.05) is 43.7 Å². The van der Waals surface area contributed by atoms with Crippen LogP contribution >= 0.6 is 12.4 Å². The lowest BCUT2D eigenvalue weighted by molar-refractivity contribution is -0.131. The predicted octanol–water partition coefficient (Wildman–Crippen LogP) is 2.37. The highest BCUT2D eigenvalue weighted by molar-refractivity contribution is 5.85. The van der Waals surface area contributed by atoms with E-state index in [0.29, 0.717) is 0 Å². The summed E-state index contributed by atoms with van der Waals surface area (Å²) in [7, 11) is 1.81. The minimum Gasteiger partial charge on any atom is -0.344 e. The van der Waals surface area contributed by atoms with Crippen LogP contribution in [-0.4, -0.2) is 24.4 Å². The fourth-order valence-corrected chi connectivity index (χ4v) is 1.55. The van der Waals surface area contributed by atoms with Crippen LogP contribution in [0.5, 0.6) is 0 Å². The molecule has 1 aromatic rings. The van der Waals surface area contributed by atoms with Crippen molar-refractivity contribution in [2.45, 2.75) is 25.8 Å². The van der Waals surface area contributed by atoms with E-state index in [2.05, 4.69) is 6.92 Å². The molecular formula is C13H21ClN2O. The Labute approximate surface area is 109 Å². The molecule has 0 radical (unpaired) electrons. The quantitative estimate of drug-likeness (QED) is 0.879. The zero-order valence-electron chi connectivity index (χ0n) is 10.4. The molecule has 0 fully saturated rings. The van der Waals surface area contributed by atoms with E-state index >= 15 is 0 Å². The molecule has 0 aliphatic heterocycles. The van der Waals surface area contributed by atoms with Gasteiger partial charge in [0.25, 0.3) is 0 Å². The maximum atomic E-state index is 12.0. The third kappa shape index (κ3) is 4.75. The molecule has 3 nitrogen and oxygen atoms in total. The maximum absolute atomic E-state index is 12.0. The van der Waals surface area contributed by atoms with Crippen molar-refractivity contribution >= 4 is 18.3 Å². The maximum Gasteiger partial charge on any atom is 0.243 e. The molecule has 17 heavy (non-hydrogen) atoms. The predicted molar refractivity (Wildman–Crippen MR) is 73.2 cm³/mol. The van der Waals surface area contributed by atoms with Gasteiger partial charge in [0, 0.05) is 13.6 Å². The van der Waals surface area contributed by atoms with Crippen molar-refractivity contribution in [3.63, 3.8) is 0 Å². The minimum absolute atomic E-state index is 0. The number of benzene rings is 1. The van der Waals surface area contributed by atoms with Crippen LogP contribution in [0.25, 0.3) is 0 Å². The van der Waals surface area contributed by atoms with Crippen molar-refractivity contribution in [1.82, 2.24) is 4.90 Å². The molecule has 4 heteroatoms. The number of hydrogen-bond donors (Lipinski definition) is 1. The van der Waals surface area contributed by atoms with Crippen molar-refractivity contribution in [1.29, 1.82) is 0 Å². The molecule has 0 aliphatic rings. The Bertz CT molecular complexity index is 329. The van der Waals surface area contributed by atoms with Crippen molar-refractivity contribution in [3.8, 4) is 0 Å². The van der Waals surface area contributed by atoms with Gasteiger partial charge in [0.1, 0.15) is 6.04 Å². The summed E-state index contributed by atoms with van der Waals surface area (Å²) < 4.78 is 0. The summed E-state index contributed by atoms with van der Waals surface area (Å²) >= 11 is 0. The number of unbranched alkanes of at least 4 members (excludes halogenated alkanes) is 1. The van der Waals surface area contributed by atoms with Gasteiger partial charge in [-0.05, 0) is 12.0 Å². The Morgan fingerprint density at radius 1 is 1.35 bits per heavy atom. The summed E-state index contributed by atoms with van der Waals surface area (Å²) in [4.78, 5) is 13.7. The summed E-state index contributed by atoms with van der Waals surface area (Å²) in [5.41, 5.74) is 6.79. The average molecular weight is 257 g/mol. The molecular weight excluding hydrogens is 236 g/mol. The Morgan fingerprint density at radius 2 is 1.94 bits per heavy atom. The molecule has 2 N–H and O–H groups in total. The van der Waals surface area contributed by atoms with Crippen LogP contribution in [0.2, 0.25) is 0 Å². The van der Waals surface area contributed by atoms with E-state index in [9.17, 15) is 4.79 Å². The van der Waals surface area contributed by atoms with Gasteiger partial charge in [0.15, 0.2) is 0 Å². The molecule has 0 aromatic heterocycles. The summed E-state index contributed by atoms with van der Waals surface area (Å²) in [5.74, 6) is -0.0142. The molecule has 1 rings (SSSR count). The number of nitrogens with two attached hydrogens (primary N) is 1. The molecule has 0 bridgehead atoms. The van der Waals surface area contributed by atoms with Crippen molar-refractivity contribution in [2.24, 2.45) is 5.73 Å². The van der Waals surface area contributed by atoms with Crippen molar-refractivity contribution in [3.05, 3.63) is 35.9 Å². The van der Waals surface area contributed by atoms with E-state index < -0.39 is 6.04 Å². The Kier molecular flexibility index (Phi) is 7.59. The molecule has 0 aliphatic carbocycles. The number of rotatable bonds is 5. The lowest BCUT2D eigenvalue weighted by atomic mass is 10.1. The second-order valence-corrected chi connectivity index (χ2v) is 4.00. The molecule has 0 saturated carbocycles. The zero-order valence-corrected chi connectivity index (χ0v) is 11.2. The topological polar surface area (TPSA) is 46.3 Å². The van der Waals surface area contributed by atoms with Gasteiger partial charge < -0.3 is 10.6 Å². The zero-order chi connectivity index (χ0) is 12.0. The first-order valence-corrected chi connectivity index (χ1v) is 5.72. The van der Waals surface area contributed by atoms with E-state index in [1.807, 2.05) is 30.3 Å². The average Bonchev–Trinajstić information content (AvgIpc) is 2.35. The van der Waals surface area contributed by atoms with Crippen LogP contribution in [0.4, 0.5) is 0 Å². The number of hydrogen-bond acceptors (Lipinski definition) is 2. The number of likely N-dealkylation sites (N-methyl/N-ethyl adjacent to an activating group) is 1. The lowest BCUT2D eigenvalue weighted by Gasteiger charge is -2.21. The van der Waals surface area contributed by atoms with Crippen LogP contribution in [0, 0.1) is 0 Å². The molecule has 1 atom stereocenters. The molecule has 0 heterocycles. The Hall–Kier alpha value is -1.06. The van der Waals surface area contributed by atoms with E-state index in [1.54, 1.807) is 11.9 Å². The summed E-state index contributed by atoms with van der Waals surface area (Å²) in [6.07, 6.45) is 2.10. The molecule has 96 valence electrons. The number of amides is 1. The van der Waals surface area contributed by atoms with Crippen LogP contribution in [-0.2, 0) is 4.79 Å².